The standard InChI is InChI=1S/C21H20N4O3/c22-19(27)11-10-17-18(26)12-16(23-13-6-2-1-3-7-13)20-24-15-9-5-4-8-14(15)21(28)25(17)20/h1-9,16-17,23H,10-12H2,(H2,22,27)/t16-,17-/m0/s1. The van der Waals surface area contributed by atoms with Gasteiger partial charge in [0.15, 0.2) is 5.78 Å². The van der Waals surface area contributed by atoms with Crippen LogP contribution >= 0.6 is 0 Å². The second-order valence-electron chi connectivity index (χ2n) is 6.92. The van der Waals surface area contributed by atoms with Crippen LogP contribution in [0.2, 0.25) is 0 Å². The van der Waals surface area contributed by atoms with Gasteiger partial charge in [-0.1, -0.05) is 30.3 Å². The van der Waals surface area contributed by atoms with Crippen molar-refractivity contribution in [1.82, 2.24) is 9.55 Å². The van der Waals surface area contributed by atoms with E-state index in [9.17, 15) is 14.4 Å². The third kappa shape index (κ3) is 3.26. The van der Waals surface area contributed by atoms with Crippen molar-refractivity contribution in [2.24, 2.45) is 5.73 Å². The molecule has 0 fully saturated rings. The van der Waals surface area contributed by atoms with Crippen molar-refractivity contribution in [3.8, 4) is 0 Å². The molecule has 0 saturated heterocycles. The van der Waals surface area contributed by atoms with E-state index < -0.39 is 18.0 Å². The van der Waals surface area contributed by atoms with Gasteiger partial charge in [-0.3, -0.25) is 19.0 Å². The topological polar surface area (TPSA) is 107 Å². The lowest BCUT2D eigenvalue weighted by molar-refractivity contribution is -0.124. The van der Waals surface area contributed by atoms with Gasteiger partial charge in [0.1, 0.15) is 5.82 Å². The summed E-state index contributed by atoms with van der Waals surface area (Å²) >= 11 is 0. The Balaban J connectivity index is 1.85. The van der Waals surface area contributed by atoms with Crippen LogP contribution in [-0.2, 0) is 9.59 Å². The number of primary amides is 1. The summed E-state index contributed by atoms with van der Waals surface area (Å²) in [6.45, 7) is 0. The Kier molecular flexibility index (Phi) is 4.65. The van der Waals surface area contributed by atoms with Crippen LogP contribution < -0.4 is 16.6 Å². The second kappa shape index (κ2) is 7.26. The van der Waals surface area contributed by atoms with Crippen LogP contribution in [0, 0.1) is 0 Å². The zero-order valence-electron chi connectivity index (χ0n) is 15.2. The van der Waals surface area contributed by atoms with Crippen LogP contribution in [0.5, 0.6) is 0 Å². The number of aromatic nitrogens is 2. The predicted octanol–water partition coefficient (Wildman–Crippen LogP) is 2.33. The fraction of sp³-hybridized carbons (Fsp3) is 0.238. The Morgan fingerprint density at radius 3 is 2.57 bits per heavy atom. The number of para-hydroxylation sites is 2. The molecule has 2 atom stereocenters. The van der Waals surface area contributed by atoms with Gasteiger partial charge in [-0.25, -0.2) is 4.98 Å². The minimum absolute atomic E-state index is 0.0336. The van der Waals surface area contributed by atoms with E-state index in [4.69, 9.17) is 10.7 Å². The van der Waals surface area contributed by atoms with Crippen LogP contribution in [0.4, 0.5) is 5.69 Å². The normalized spacial score (nSPS) is 18.6. The van der Waals surface area contributed by atoms with Crippen molar-refractivity contribution in [3.05, 3.63) is 70.8 Å². The van der Waals surface area contributed by atoms with E-state index in [0.717, 1.165) is 5.69 Å². The lowest BCUT2D eigenvalue weighted by Gasteiger charge is -2.32. The number of carbonyl (C=O) groups excluding carboxylic acids is 2. The molecule has 1 amide bonds. The zero-order chi connectivity index (χ0) is 19.7. The first-order valence-electron chi connectivity index (χ1n) is 9.18. The molecule has 3 aromatic rings. The number of Topliss-reactive ketones (excluding diaryl/α,β-unsaturated/α-hetero) is 1. The largest absolute Gasteiger partial charge is 0.375 e. The molecular weight excluding hydrogens is 356 g/mol. The number of nitrogens with one attached hydrogen (secondary N) is 1. The highest BCUT2D eigenvalue weighted by atomic mass is 16.2. The summed E-state index contributed by atoms with van der Waals surface area (Å²) in [5.41, 5.74) is 6.42. The molecule has 7 nitrogen and oxygen atoms in total. The third-order valence-electron chi connectivity index (χ3n) is 5.01. The molecule has 0 spiro atoms. The SMILES string of the molecule is NC(=O)CC[C@H]1C(=O)C[C@H](Nc2ccccc2)c2nc3ccccc3c(=O)n21. The average molecular weight is 376 g/mol. The smallest absolute Gasteiger partial charge is 0.262 e. The summed E-state index contributed by atoms with van der Waals surface area (Å²) in [6, 6.07) is 15.4. The van der Waals surface area contributed by atoms with Crippen LogP contribution in [-0.4, -0.2) is 21.2 Å². The van der Waals surface area contributed by atoms with Crippen molar-refractivity contribution in [2.75, 3.05) is 5.32 Å². The molecule has 2 aromatic carbocycles. The average Bonchev–Trinajstić information content (AvgIpc) is 2.69. The molecular formula is C21H20N4O3. The molecule has 28 heavy (non-hydrogen) atoms. The van der Waals surface area contributed by atoms with Crippen LogP contribution in [0.15, 0.2) is 59.4 Å². The predicted molar refractivity (Wildman–Crippen MR) is 106 cm³/mol. The van der Waals surface area contributed by atoms with E-state index in [1.54, 1.807) is 18.2 Å². The number of nitrogens with zero attached hydrogens (tertiary/aromatic N) is 2. The number of hydrogen-bond acceptors (Lipinski definition) is 5. The summed E-state index contributed by atoms with van der Waals surface area (Å²) in [5, 5.41) is 3.76. The van der Waals surface area contributed by atoms with E-state index in [0.29, 0.717) is 16.7 Å². The van der Waals surface area contributed by atoms with Gasteiger partial charge < -0.3 is 11.1 Å². The Labute approximate surface area is 161 Å². The highest BCUT2D eigenvalue weighted by Crippen LogP contribution is 2.32. The van der Waals surface area contributed by atoms with E-state index in [1.807, 2.05) is 36.4 Å². The first-order valence-corrected chi connectivity index (χ1v) is 9.18. The molecule has 1 aliphatic heterocycles. The second-order valence-corrected chi connectivity index (χ2v) is 6.92. The third-order valence-corrected chi connectivity index (χ3v) is 5.01. The monoisotopic (exact) mass is 376 g/mol. The van der Waals surface area contributed by atoms with E-state index in [-0.39, 0.29) is 30.6 Å². The van der Waals surface area contributed by atoms with Gasteiger partial charge in [0.25, 0.3) is 5.56 Å². The van der Waals surface area contributed by atoms with Crippen molar-refractivity contribution < 1.29 is 9.59 Å². The number of fused-ring (bicyclic) bond motifs is 2. The molecule has 4 rings (SSSR count). The molecule has 0 aliphatic carbocycles. The maximum atomic E-state index is 13.2. The number of carbonyl (C=O) groups is 2. The van der Waals surface area contributed by atoms with Gasteiger partial charge in [-0.05, 0) is 30.7 Å². The Hall–Kier alpha value is -3.48. The molecule has 0 bridgehead atoms. The van der Waals surface area contributed by atoms with E-state index in [1.165, 1.54) is 4.57 Å². The van der Waals surface area contributed by atoms with E-state index >= 15 is 0 Å². The Morgan fingerprint density at radius 2 is 1.82 bits per heavy atom. The maximum Gasteiger partial charge on any atom is 0.262 e. The summed E-state index contributed by atoms with van der Waals surface area (Å²) in [5.74, 6) is -0.108. The zero-order valence-corrected chi connectivity index (χ0v) is 15.2. The molecule has 0 saturated carbocycles. The number of benzene rings is 2. The minimum Gasteiger partial charge on any atom is -0.375 e. The fourth-order valence-corrected chi connectivity index (χ4v) is 3.70. The highest BCUT2D eigenvalue weighted by Gasteiger charge is 2.36. The quantitative estimate of drug-likeness (QED) is 0.711. The molecule has 2 heterocycles. The number of ketones is 1. The van der Waals surface area contributed by atoms with Crippen LogP contribution in [0.25, 0.3) is 10.9 Å². The van der Waals surface area contributed by atoms with Gasteiger partial charge in [0.05, 0.1) is 23.0 Å². The van der Waals surface area contributed by atoms with Gasteiger partial charge in [-0.2, -0.15) is 0 Å². The van der Waals surface area contributed by atoms with Gasteiger partial charge >= 0.3 is 0 Å². The van der Waals surface area contributed by atoms with Crippen LogP contribution in [0.1, 0.15) is 37.2 Å². The Morgan fingerprint density at radius 1 is 1.11 bits per heavy atom. The summed E-state index contributed by atoms with van der Waals surface area (Å²) in [7, 11) is 0. The highest BCUT2D eigenvalue weighted by molar-refractivity contribution is 5.87. The first kappa shape index (κ1) is 17.9. The van der Waals surface area contributed by atoms with Crippen molar-refractivity contribution in [2.45, 2.75) is 31.3 Å². The number of hydrogen-bond donors (Lipinski definition) is 2. The van der Waals surface area contributed by atoms with Crippen molar-refractivity contribution in [1.29, 1.82) is 0 Å². The molecule has 142 valence electrons. The van der Waals surface area contributed by atoms with Crippen molar-refractivity contribution in [3.63, 3.8) is 0 Å². The Bertz CT molecular complexity index is 1110. The number of amides is 1. The van der Waals surface area contributed by atoms with Gasteiger partial charge in [0.2, 0.25) is 5.91 Å². The molecule has 7 heteroatoms. The number of nitrogens with two attached hydrogens (primary N) is 1. The molecule has 0 radical (unpaired) electrons. The van der Waals surface area contributed by atoms with Gasteiger partial charge in [-0.15, -0.1) is 0 Å². The van der Waals surface area contributed by atoms with E-state index in [2.05, 4.69) is 5.32 Å². The molecule has 3 N–H and O–H groups in total. The van der Waals surface area contributed by atoms with Crippen LogP contribution in [0.3, 0.4) is 0 Å². The lowest BCUT2D eigenvalue weighted by atomic mass is 9.94. The first-order chi connectivity index (χ1) is 13.5. The summed E-state index contributed by atoms with van der Waals surface area (Å²) in [6.07, 6.45) is 0.411. The fourth-order valence-electron chi connectivity index (χ4n) is 3.70. The molecule has 1 aromatic heterocycles. The summed E-state index contributed by atoms with van der Waals surface area (Å²) < 4.78 is 1.44. The molecule has 0 unspecified atom stereocenters. The molecule has 1 aliphatic rings. The maximum absolute atomic E-state index is 13.2. The summed E-state index contributed by atoms with van der Waals surface area (Å²) in [4.78, 5) is 42.0. The van der Waals surface area contributed by atoms with Crippen molar-refractivity contribution >= 4 is 28.3 Å². The minimum atomic E-state index is -0.735. The number of anilines is 1. The number of rotatable bonds is 5. The lowest BCUT2D eigenvalue weighted by Crippen LogP contribution is -2.41. The van der Waals surface area contributed by atoms with Gasteiger partial charge in [0, 0.05) is 18.5 Å².